The first-order valence-electron chi connectivity index (χ1n) is 10.4. The number of nitrogens with one attached hydrogen (secondary N) is 1. The molecule has 0 heterocycles. The van der Waals surface area contributed by atoms with Crippen molar-refractivity contribution < 1.29 is 19.1 Å². The SMILES string of the molecule is Cc1cc(Br)c(Cl)cc1NC(=O)COC(=O)[C@H]1[C@H]2CC[C@@H](C2)[C@H]1C(=O)c1ccccc1. The van der Waals surface area contributed by atoms with Gasteiger partial charge in [-0.1, -0.05) is 41.9 Å². The summed E-state index contributed by atoms with van der Waals surface area (Å²) < 4.78 is 6.11. The average Bonchev–Trinajstić information content (AvgIpc) is 3.38. The van der Waals surface area contributed by atoms with Crippen LogP contribution < -0.4 is 5.32 Å². The van der Waals surface area contributed by atoms with E-state index in [1.54, 1.807) is 24.3 Å². The van der Waals surface area contributed by atoms with Crippen LogP contribution in [0.2, 0.25) is 5.02 Å². The highest BCUT2D eigenvalue weighted by Crippen LogP contribution is 2.53. The monoisotopic (exact) mass is 503 g/mol. The number of ketones is 1. The number of ether oxygens (including phenoxy) is 1. The number of Topliss-reactive ketones (excluding diaryl/α,β-unsaturated/α-hetero) is 1. The lowest BCUT2D eigenvalue weighted by Gasteiger charge is -2.28. The number of benzene rings is 2. The van der Waals surface area contributed by atoms with E-state index in [1.807, 2.05) is 25.1 Å². The number of rotatable bonds is 6. The molecule has 0 radical (unpaired) electrons. The van der Waals surface area contributed by atoms with Gasteiger partial charge < -0.3 is 10.1 Å². The molecule has 0 spiro atoms. The van der Waals surface area contributed by atoms with Gasteiger partial charge in [-0.3, -0.25) is 14.4 Å². The van der Waals surface area contributed by atoms with Crippen LogP contribution in [0.4, 0.5) is 5.69 Å². The van der Waals surface area contributed by atoms with Gasteiger partial charge in [-0.05, 0) is 71.6 Å². The minimum atomic E-state index is -0.483. The molecule has 2 aliphatic rings. The van der Waals surface area contributed by atoms with Crippen LogP contribution in [-0.2, 0) is 14.3 Å². The number of amides is 1. The Kier molecular flexibility index (Phi) is 6.49. The van der Waals surface area contributed by atoms with Gasteiger partial charge >= 0.3 is 5.97 Å². The first-order valence-corrected chi connectivity index (χ1v) is 11.5. The second-order valence-corrected chi connectivity index (χ2v) is 9.61. The van der Waals surface area contributed by atoms with Crippen LogP contribution in [0.1, 0.15) is 35.2 Å². The fourth-order valence-electron chi connectivity index (χ4n) is 5.00. The molecule has 162 valence electrons. The molecular formula is C24H23BrClNO4. The van der Waals surface area contributed by atoms with Crippen LogP contribution in [0.15, 0.2) is 46.9 Å². The number of halogens is 2. The zero-order valence-electron chi connectivity index (χ0n) is 17.1. The lowest BCUT2D eigenvalue weighted by molar-refractivity contribution is -0.154. The molecule has 31 heavy (non-hydrogen) atoms. The summed E-state index contributed by atoms with van der Waals surface area (Å²) in [5.74, 6) is -1.40. The second kappa shape index (κ2) is 9.13. The zero-order valence-corrected chi connectivity index (χ0v) is 19.4. The Balaban J connectivity index is 1.41. The summed E-state index contributed by atoms with van der Waals surface area (Å²) in [5.41, 5.74) is 2.02. The number of aryl methyl sites for hydroxylation is 1. The van der Waals surface area contributed by atoms with E-state index in [0.717, 1.165) is 29.3 Å². The summed E-state index contributed by atoms with van der Waals surface area (Å²) in [4.78, 5) is 38.4. The quantitative estimate of drug-likeness (QED) is 0.420. The van der Waals surface area contributed by atoms with Crippen LogP contribution >= 0.6 is 27.5 Å². The molecule has 5 nitrogen and oxygen atoms in total. The van der Waals surface area contributed by atoms with Crippen molar-refractivity contribution in [2.45, 2.75) is 26.2 Å². The van der Waals surface area contributed by atoms with Crippen molar-refractivity contribution in [2.75, 3.05) is 11.9 Å². The van der Waals surface area contributed by atoms with E-state index in [2.05, 4.69) is 21.2 Å². The van der Waals surface area contributed by atoms with E-state index < -0.39 is 24.4 Å². The van der Waals surface area contributed by atoms with Crippen molar-refractivity contribution in [3.8, 4) is 0 Å². The average molecular weight is 505 g/mol. The number of fused-ring (bicyclic) bond motifs is 2. The standard InChI is InChI=1S/C24H23BrClNO4/c1-13-9-17(25)18(26)11-19(13)27-20(28)12-31-24(30)22-16-8-7-15(10-16)21(22)23(29)14-5-3-2-4-6-14/h2-6,9,11,15-16,21-22H,7-8,10,12H2,1H3,(H,27,28)/t15-,16-,21+,22-/m0/s1. The summed E-state index contributed by atoms with van der Waals surface area (Å²) >= 11 is 9.44. The highest BCUT2D eigenvalue weighted by molar-refractivity contribution is 9.10. The number of carbonyl (C=O) groups is 3. The largest absolute Gasteiger partial charge is 0.455 e. The summed E-state index contributed by atoms with van der Waals surface area (Å²) in [5, 5.41) is 3.20. The normalized spacial score (nSPS) is 24.1. The lowest BCUT2D eigenvalue weighted by atomic mass is 9.75. The van der Waals surface area contributed by atoms with Crippen molar-refractivity contribution in [1.82, 2.24) is 0 Å². The molecule has 0 aliphatic heterocycles. The maximum atomic E-state index is 13.1. The molecule has 0 aromatic heterocycles. The van der Waals surface area contributed by atoms with Gasteiger partial charge in [0.15, 0.2) is 12.4 Å². The van der Waals surface area contributed by atoms with Crippen LogP contribution in [0.3, 0.4) is 0 Å². The van der Waals surface area contributed by atoms with Gasteiger partial charge in [0, 0.05) is 21.6 Å². The first-order chi connectivity index (χ1) is 14.8. The number of esters is 1. The van der Waals surface area contributed by atoms with Crippen molar-refractivity contribution in [1.29, 1.82) is 0 Å². The van der Waals surface area contributed by atoms with Crippen LogP contribution in [0.25, 0.3) is 0 Å². The molecule has 0 saturated heterocycles. The fraction of sp³-hybridized carbons (Fsp3) is 0.375. The van der Waals surface area contributed by atoms with Crippen LogP contribution in [-0.4, -0.2) is 24.3 Å². The van der Waals surface area contributed by atoms with Gasteiger partial charge in [-0.25, -0.2) is 0 Å². The lowest BCUT2D eigenvalue weighted by Crippen LogP contribution is -2.37. The maximum absolute atomic E-state index is 13.1. The predicted molar refractivity (Wildman–Crippen MR) is 122 cm³/mol. The molecule has 2 aromatic rings. The molecule has 2 saturated carbocycles. The Morgan fingerprint density at radius 2 is 1.77 bits per heavy atom. The molecule has 2 aliphatic carbocycles. The Morgan fingerprint density at radius 3 is 2.48 bits per heavy atom. The molecule has 4 rings (SSSR count). The molecule has 2 aromatic carbocycles. The maximum Gasteiger partial charge on any atom is 0.310 e. The summed E-state index contributed by atoms with van der Waals surface area (Å²) in [7, 11) is 0. The van der Waals surface area contributed by atoms with Crippen LogP contribution in [0, 0.1) is 30.6 Å². The molecule has 1 N–H and O–H groups in total. The Labute approximate surface area is 194 Å². The number of hydrogen-bond donors (Lipinski definition) is 1. The number of hydrogen-bond acceptors (Lipinski definition) is 4. The third kappa shape index (κ3) is 4.55. The summed E-state index contributed by atoms with van der Waals surface area (Å²) in [6.07, 6.45) is 2.75. The van der Waals surface area contributed by atoms with Crippen molar-refractivity contribution >= 4 is 50.9 Å². The van der Waals surface area contributed by atoms with Crippen molar-refractivity contribution in [2.24, 2.45) is 23.7 Å². The Bertz CT molecular complexity index is 1030. The third-order valence-electron chi connectivity index (χ3n) is 6.44. The summed E-state index contributed by atoms with van der Waals surface area (Å²) in [6, 6.07) is 12.5. The van der Waals surface area contributed by atoms with E-state index in [1.165, 1.54) is 0 Å². The van der Waals surface area contributed by atoms with Crippen molar-refractivity contribution in [3.63, 3.8) is 0 Å². The van der Waals surface area contributed by atoms with E-state index >= 15 is 0 Å². The minimum absolute atomic E-state index is 0.000620. The molecule has 1 amide bonds. The minimum Gasteiger partial charge on any atom is -0.455 e. The van der Waals surface area contributed by atoms with Crippen LogP contribution in [0.5, 0.6) is 0 Å². The highest BCUT2D eigenvalue weighted by Gasteiger charge is 2.54. The molecule has 4 atom stereocenters. The van der Waals surface area contributed by atoms with Gasteiger partial charge in [0.25, 0.3) is 5.91 Å². The zero-order chi connectivity index (χ0) is 22.1. The second-order valence-electron chi connectivity index (χ2n) is 8.35. The smallest absolute Gasteiger partial charge is 0.310 e. The third-order valence-corrected chi connectivity index (χ3v) is 7.63. The highest BCUT2D eigenvalue weighted by atomic mass is 79.9. The Hall–Kier alpha value is -2.18. The Morgan fingerprint density at radius 1 is 1.10 bits per heavy atom. The molecule has 0 unspecified atom stereocenters. The van der Waals surface area contributed by atoms with Crippen molar-refractivity contribution in [3.05, 3.63) is 63.1 Å². The first kappa shape index (κ1) is 22.0. The molecule has 7 heteroatoms. The van der Waals surface area contributed by atoms with Gasteiger partial charge in [0.1, 0.15) is 0 Å². The molecular weight excluding hydrogens is 482 g/mol. The molecule has 2 bridgehead atoms. The molecule has 2 fully saturated rings. The van der Waals surface area contributed by atoms with E-state index in [-0.39, 0.29) is 23.5 Å². The number of anilines is 1. The van der Waals surface area contributed by atoms with E-state index in [9.17, 15) is 14.4 Å². The fourth-order valence-corrected chi connectivity index (χ4v) is 5.62. The topological polar surface area (TPSA) is 72.5 Å². The van der Waals surface area contributed by atoms with Gasteiger partial charge in [-0.15, -0.1) is 0 Å². The summed E-state index contributed by atoms with van der Waals surface area (Å²) in [6.45, 7) is 1.45. The van der Waals surface area contributed by atoms with E-state index in [0.29, 0.717) is 16.3 Å². The predicted octanol–water partition coefficient (Wildman–Crippen LogP) is 5.44. The number of carbonyl (C=O) groups excluding carboxylic acids is 3. The van der Waals surface area contributed by atoms with Gasteiger partial charge in [-0.2, -0.15) is 0 Å². The van der Waals surface area contributed by atoms with Gasteiger partial charge in [0.05, 0.1) is 10.9 Å². The van der Waals surface area contributed by atoms with Gasteiger partial charge in [0.2, 0.25) is 0 Å². The van der Waals surface area contributed by atoms with E-state index in [4.69, 9.17) is 16.3 Å².